The van der Waals surface area contributed by atoms with Crippen molar-refractivity contribution in [1.82, 2.24) is 19.9 Å². The average molecular weight is 365 g/mol. The average Bonchev–Trinajstić information content (AvgIpc) is 3.18. The van der Waals surface area contributed by atoms with Gasteiger partial charge in [0, 0.05) is 54.4 Å². The summed E-state index contributed by atoms with van der Waals surface area (Å²) in [5, 5.41) is 0.761. The summed E-state index contributed by atoms with van der Waals surface area (Å²) >= 11 is 6.30. The number of hydrogen-bond donors (Lipinski definition) is 0. The van der Waals surface area contributed by atoms with Crippen LogP contribution in [0.5, 0.6) is 0 Å². The number of pyridine rings is 1. The molecule has 1 aromatic carbocycles. The van der Waals surface area contributed by atoms with Gasteiger partial charge in [-0.15, -0.1) is 0 Å². The third kappa shape index (κ3) is 3.30. The van der Waals surface area contributed by atoms with Gasteiger partial charge >= 0.3 is 0 Å². The first kappa shape index (κ1) is 16.7. The molecule has 6 heteroatoms. The number of aromatic nitrogens is 3. The van der Waals surface area contributed by atoms with Gasteiger partial charge in [0.2, 0.25) is 0 Å². The highest BCUT2D eigenvalue weighted by atomic mass is 35.5. The number of carbonyl (C=O) groups is 1. The zero-order valence-corrected chi connectivity index (χ0v) is 14.8. The zero-order valence-electron chi connectivity index (χ0n) is 14.0. The van der Waals surface area contributed by atoms with E-state index < -0.39 is 0 Å². The first-order chi connectivity index (χ1) is 12.7. The molecular weight excluding hydrogens is 348 g/mol. The largest absolute Gasteiger partial charge is 0.338 e. The van der Waals surface area contributed by atoms with Crippen LogP contribution >= 0.6 is 11.6 Å². The van der Waals surface area contributed by atoms with E-state index in [0.717, 1.165) is 22.6 Å². The third-order valence-corrected chi connectivity index (χ3v) is 5.00. The predicted molar refractivity (Wildman–Crippen MR) is 100.0 cm³/mol. The Hall–Kier alpha value is -2.79. The minimum Gasteiger partial charge on any atom is -0.338 e. The monoisotopic (exact) mass is 364 g/mol. The molecule has 0 radical (unpaired) electrons. The van der Waals surface area contributed by atoms with Crippen molar-refractivity contribution in [2.45, 2.75) is 12.3 Å². The van der Waals surface area contributed by atoms with Crippen molar-refractivity contribution in [3.05, 3.63) is 77.3 Å². The number of hydrogen-bond acceptors (Lipinski definition) is 4. The van der Waals surface area contributed by atoms with E-state index in [4.69, 9.17) is 11.6 Å². The number of nitrogens with zero attached hydrogens (tertiary/aromatic N) is 4. The summed E-state index contributed by atoms with van der Waals surface area (Å²) in [6.45, 7) is 1.37. The molecule has 0 spiro atoms. The lowest BCUT2D eigenvalue weighted by atomic mass is 9.98. The molecular formula is C20H17ClN4O. The molecule has 3 aromatic rings. The van der Waals surface area contributed by atoms with Gasteiger partial charge in [-0.2, -0.15) is 0 Å². The summed E-state index contributed by atoms with van der Waals surface area (Å²) in [5.74, 6) is 0.810. The molecule has 0 unspecified atom stereocenters. The molecule has 1 aliphatic rings. The minimum absolute atomic E-state index is 0.0409. The maximum atomic E-state index is 12.8. The molecule has 1 saturated heterocycles. The topological polar surface area (TPSA) is 59.0 Å². The van der Waals surface area contributed by atoms with Gasteiger partial charge in [0.25, 0.3) is 5.91 Å². The molecule has 3 heterocycles. The van der Waals surface area contributed by atoms with Gasteiger partial charge in [-0.05, 0) is 30.2 Å². The summed E-state index contributed by atoms with van der Waals surface area (Å²) in [6, 6.07) is 11.5. The number of carbonyl (C=O) groups excluding carboxylic acids is 1. The van der Waals surface area contributed by atoms with Crippen molar-refractivity contribution >= 4 is 17.5 Å². The van der Waals surface area contributed by atoms with Crippen molar-refractivity contribution in [3.8, 4) is 11.4 Å². The Morgan fingerprint density at radius 2 is 1.81 bits per heavy atom. The van der Waals surface area contributed by atoms with E-state index in [2.05, 4.69) is 15.0 Å². The highest BCUT2D eigenvalue weighted by Crippen LogP contribution is 2.32. The van der Waals surface area contributed by atoms with Crippen LogP contribution in [0.3, 0.4) is 0 Å². The van der Waals surface area contributed by atoms with Gasteiger partial charge < -0.3 is 4.90 Å². The first-order valence-corrected chi connectivity index (χ1v) is 8.86. The molecule has 130 valence electrons. The Bertz CT molecular complexity index is 915. The van der Waals surface area contributed by atoms with E-state index in [1.54, 1.807) is 24.8 Å². The quantitative estimate of drug-likeness (QED) is 0.708. The van der Waals surface area contributed by atoms with Crippen LogP contribution in [0.25, 0.3) is 11.4 Å². The molecule has 0 saturated carbocycles. The van der Waals surface area contributed by atoms with E-state index in [-0.39, 0.29) is 11.8 Å². The predicted octanol–water partition coefficient (Wildman–Crippen LogP) is 3.82. The van der Waals surface area contributed by atoms with Gasteiger partial charge in [-0.25, -0.2) is 9.97 Å². The summed E-state index contributed by atoms with van der Waals surface area (Å²) in [7, 11) is 0. The molecule has 0 aliphatic carbocycles. The Balaban J connectivity index is 1.48. The van der Waals surface area contributed by atoms with Crippen LogP contribution in [-0.4, -0.2) is 38.8 Å². The summed E-state index contributed by atoms with van der Waals surface area (Å²) in [5.41, 5.74) is 2.48. The lowest BCUT2D eigenvalue weighted by molar-refractivity contribution is 0.0790. The SMILES string of the molecule is O=C(c1cnc(-c2ccncc2)nc1)N1CC[C@@H](c2ccccc2Cl)C1. The highest BCUT2D eigenvalue weighted by molar-refractivity contribution is 6.31. The van der Waals surface area contributed by atoms with Crippen LogP contribution in [0.4, 0.5) is 0 Å². The van der Waals surface area contributed by atoms with Crippen molar-refractivity contribution < 1.29 is 4.79 Å². The normalized spacial score (nSPS) is 16.7. The Kier molecular flexibility index (Phi) is 4.63. The lowest BCUT2D eigenvalue weighted by Crippen LogP contribution is -2.28. The van der Waals surface area contributed by atoms with Crippen LogP contribution < -0.4 is 0 Å². The fourth-order valence-electron chi connectivity index (χ4n) is 3.28. The molecule has 0 bridgehead atoms. The van der Waals surface area contributed by atoms with Gasteiger partial charge in [-0.1, -0.05) is 29.8 Å². The first-order valence-electron chi connectivity index (χ1n) is 8.48. The molecule has 1 aliphatic heterocycles. The van der Waals surface area contributed by atoms with Gasteiger partial charge in [0.1, 0.15) is 0 Å². The van der Waals surface area contributed by atoms with Crippen LogP contribution in [0.1, 0.15) is 28.3 Å². The number of halogens is 1. The zero-order chi connectivity index (χ0) is 17.9. The summed E-state index contributed by atoms with van der Waals surface area (Å²) < 4.78 is 0. The minimum atomic E-state index is -0.0409. The van der Waals surface area contributed by atoms with E-state index in [1.807, 2.05) is 41.3 Å². The fourth-order valence-corrected chi connectivity index (χ4v) is 3.57. The standard InChI is InChI=1S/C20H17ClN4O/c21-18-4-2-1-3-17(18)15-7-10-25(13-15)20(26)16-11-23-19(24-12-16)14-5-8-22-9-6-14/h1-6,8-9,11-12,15H,7,10,13H2/t15-/m1/s1. The number of amides is 1. The van der Waals surface area contributed by atoms with Gasteiger partial charge in [0.05, 0.1) is 5.56 Å². The maximum Gasteiger partial charge on any atom is 0.257 e. The Labute approximate surface area is 156 Å². The second kappa shape index (κ2) is 7.22. The molecule has 1 fully saturated rings. The molecule has 2 aromatic heterocycles. The number of likely N-dealkylation sites (tertiary alicyclic amines) is 1. The lowest BCUT2D eigenvalue weighted by Gasteiger charge is -2.17. The summed E-state index contributed by atoms with van der Waals surface area (Å²) in [4.78, 5) is 27.2. The Morgan fingerprint density at radius 3 is 2.54 bits per heavy atom. The number of rotatable bonds is 3. The van der Waals surface area contributed by atoms with Crippen LogP contribution in [0.15, 0.2) is 61.2 Å². The molecule has 5 nitrogen and oxygen atoms in total. The van der Waals surface area contributed by atoms with Crippen LogP contribution in [0, 0.1) is 0 Å². The van der Waals surface area contributed by atoms with E-state index in [9.17, 15) is 4.79 Å². The van der Waals surface area contributed by atoms with E-state index in [1.165, 1.54) is 0 Å². The molecule has 26 heavy (non-hydrogen) atoms. The van der Waals surface area contributed by atoms with E-state index in [0.29, 0.717) is 24.5 Å². The van der Waals surface area contributed by atoms with Crippen molar-refractivity contribution in [2.75, 3.05) is 13.1 Å². The van der Waals surface area contributed by atoms with Crippen molar-refractivity contribution in [2.24, 2.45) is 0 Å². The molecule has 1 amide bonds. The second-order valence-electron chi connectivity index (χ2n) is 6.29. The second-order valence-corrected chi connectivity index (χ2v) is 6.70. The van der Waals surface area contributed by atoms with Gasteiger partial charge in [-0.3, -0.25) is 9.78 Å². The molecule has 4 rings (SSSR count). The van der Waals surface area contributed by atoms with Crippen molar-refractivity contribution in [1.29, 1.82) is 0 Å². The Morgan fingerprint density at radius 1 is 1.08 bits per heavy atom. The van der Waals surface area contributed by atoms with Crippen LogP contribution in [-0.2, 0) is 0 Å². The molecule has 1 atom stereocenters. The smallest absolute Gasteiger partial charge is 0.257 e. The summed E-state index contributed by atoms with van der Waals surface area (Å²) in [6.07, 6.45) is 7.47. The maximum absolute atomic E-state index is 12.8. The van der Waals surface area contributed by atoms with E-state index >= 15 is 0 Å². The fraction of sp³-hybridized carbons (Fsp3) is 0.200. The van der Waals surface area contributed by atoms with Gasteiger partial charge in [0.15, 0.2) is 5.82 Å². The highest BCUT2D eigenvalue weighted by Gasteiger charge is 2.29. The van der Waals surface area contributed by atoms with Crippen LogP contribution in [0.2, 0.25) is 5.02 Å². The van der Waals surface area contributed by atoms with Crippen molar-refractivity contribution in [3.63, 3.8) is 0 Å². The number of benzene rings is 1. The molecule has 0 N–H and O–H groups in total. The third-order valence-electron chi connectivity index (χ3n) is 4.66.